The molecule has 0 aliphatic rings. The number of nitrogens with one attached hydrogen (secondary N) is 1. The second-order valence-corrected chi connectivity index (χ2v) is 5.81. The third-order valence-corrected chi connectivity index (χ3v) is 3.76. The van der Waals surface area contributed by atoms with E-state index in [1.54, 1.807) is 12.1 Å². The zero-order chi connectivity index (χ0) is 14.4. The van der Waals surface area contributed by atoms with E-state index in [2.05, 4.69) is 52.4 Å². The van der Waals surface area contributed by atoms with Crippen molar-refractivity contribution in [2.75, 3.05) is 5.32 Å². The van der Waals surface area contributed by atoms with Crippen LogP contribution < -0.4 is 5.32 Å². The van der Waals surface area contributed by atoms with Gasteiger partial charge in [0, 0.05) is 22.3 Å². The summed E-state index contributed by atoms with van der Waals surface area (Å²) in [6.45, 7) is 2.68. The summed E-state index contributed by atoms with van der Waals surface area (Å²) in [6.07, 6.45) is 3.55. The number of benzene rings is 2. The summed E-state index contributed by atoms with van der Waals surface area (Å²) in [4.78, 5) is 0. The first-order valence-electron chi connectivity index (χ1n) is 6.96. The van der Waals surface area contributed by atoms with Crippen LogP contribution in [0.4, 0.5) is 10.1 Å². The number of hydrogen-bond acceptors (Lipinski definition) is 1. The summed E-state index contributed by atoms with van der Waals surface area (Å²) in [5.74, 6) is -0.180. The van der Waals surface area contributed by atoms with Crippen molar-refractivity contribution in [3.05, 3.63) is 63.9 Å². The molecule has 0 heterocycles. The second kappa shape index (κ2) is 7.44. The molecule has 0 bridgehead atoms. The Morgan fingerprint density at radius 2 is 1.85 bits per heavy atom. The highest BCUT2D eigenvalue weighted by Crippen LogP contribution is 2.18. The summed E-state index contributed by atoms with van der Waals surface area (Å²) >= 11 is 3.36. The van der Waals surface area contributed by atoms with E-state index in [-0.39, 0.29) is 5.82 Å². The lowest BCUT2D eigenvalue weighted by Crippen LogP contribution is -2.02. The van der Waals surface area contributed by atoms with Gasteiger partial charge in [-0.25, -0.2) is 4.39 Å². The number of hydrogen-bond donors (Lipinski definition) is 1. The van der Waals surface area contributed by atoms with Gasteiger partial charge in [-0.15, -0.1) is 0 Å². The van der Waals surface area contributed by atoms with Gasteiger partial charge in [0.25, 0.3) is 0 Å². The average Bonchev–Trinajstić information content (AvgIpc) is 2.47. The topological polar surface area (TPSA) is 12.0 Å². The van der Waals surface area contributed by atoms with Crippen molar-refractivity contribution in [2.45, 2.75) is 32.7 Å². The van der Waals surface area contributed by atoms with E-state index in [1.807, 2.05) is 0 Å². The van der Waals surface area contributed by atoms with Crippen molar-refractivity contribution in [1.29, 1.82) is 0 Å². The van der Waals surface area contributed by atoms with Crippen LogP contribution in [0, 0.1) is 5.82 Å². The van der Waals surface area contributed by atoms with Crippen LogP contribution in [0.15, 0.2) is 46.9 Å². The Morgan fingerprint density at radius 1 is 1.10 bits per heavy atom. The zero-order valence-corrected chi connectivity index (χ0v) is 13.2. The van der Waals surface area contributed by atoms with Crippen molar-refractivity contribution in [2.24, 2.45) is 0 Å². The summed E-state index contributed by atoms with van der Waals surface area (Å²) in [6, 6.07) is 13.4. The summed E-state index contributed by atoms with van der Waals surface area (Å²) in [5.41, 5.74) is 3.03. The van der Waals surface area contributed by atoms with Crippen LogP contribution in [0.5, 0.6) is 0 Å². The Morgan fingerprint density at radius 3 is 2.55 bits per heavy atom. The van der Waals surface area contributed by atoms with E-state index in [9.17, 15) is 4.39 Å². The first-order chi connectivity index (χ1) is 9.69. The molecule has 1 N–H and O–H groups in total. The molecule has 0 spiro atoms. The van der Waals surface area contributed by atoms with Crippen molar-refractivity contribution >= 4 is 21.6 Å². The summed E-state index contributed by atoms with van der Waals surface area (Å²) < 4.78 is 14.5. The normalized spacial score (nSPS) is 10.6. The summed E-state index contributed by atoms with van der Waals surface area (Å²) in [5, 5.41) is 3.25. The van der Waals surface area contributed by atoms with Gasteiger partial charge in [0.05, 0.1) is 0 Å². The maximum atomic E-state index is 13.6. The van der Waals surface area contributed by atoms with Gasteiger partial charge in [0.2, 0.25) is 0 Å². The standard InChI is InChI=1S/C17H19BrFN/c1-2-3-4-13-5-8-16(9-6-13)20-12-14-11-15(18)7-10-17(14)19/h5-11,20H,2-4,12H2,1H3. The monoisotopic (exact) mass is 335 g/mol. The minimum absolute atomic E-state index is 0.180. The molecule has 3 heteroatoms. The maximum Gasteiger partial charge on any atom is 0.128 e. The number of anilines is 1. The number of unbranched alkanes of at least 4 members (excludes halogenated alkanes) is 1. The molecule has 0 atom stereocenters. The Balaban J connectivity index is 1.95. The largest absolute Gasteiger partial charge is 0.381 e. The molecule has 0 saturated carbocycles. The Bertz CT molecular complexity index is 551. The molecule has 106 valence electrons. The first kappa shape index (κ1) is 15.0. The van der Waals surface area contributed by atoms with Crippen molar-refractivity contribution in [1.82, 2.24) is 0 Å². The van der Waals surface area contributed by atoms with Crippen molar-refractivity contribution in [3.8, 4) is 0 Å². The second-order valence-electron chi connectivity index (χ2n) is 4.89. The van der Waals surface area contributed by atoms with Gasteiger partial charge in [0.1, 0.15) is 5.82 Å². The number of halogens is 2. The molecule has 0 fully saturated rings. The van der Waals surface area contributed by atoms with Crippen LogP contribution in [0.3, 0.4) is 0 Å². The molecule has 20 heavy (non-hydrogen) atoms. The highest BCUT2D eigenvalue weighted by Gasteiger charge is 2.02. The van der Waals surface area contributed by atoms with Crippen molar-refractivity contribution < 1.29 is 4.39 Å². The molecule has 0 aliphatic heterocycles. The predicted octanol–water partition coefficient (Wildman–Crippen LogP) is 5.54. The van der Waals surface area contributed by atoms with Crippen LogP contribution in [-0.4, -0.2) is 0 Å². The van der Waals surface area contributed by atoms with E-state index < -0.39 is 0 Å². The van der Waals surface area contributed by atoms with Gasteiger partial charge in [0.15, 0.2) is 0 Å². The van der Waals surface area contributed by atoms with Crippen LogP contribution in [0.2, 0.25) is 0 Å². The van der Waals surface area contributed by atoms with Crippen LogP contribution in [-0.2, 0) is 13.0 Å². The third-order valence-electron chi connectivity index (χ3n) is 3.26. The molecule has 0 radical (unpaired) electrons. The zero-order valence-electron chi connectivity index (χ0n) is 11.6. The van der Waals surface area contributed by atoms with E-state index in [0.29, 0.717) is 12.1 Å². The molecule has 0 aromatic heterocycles. The van der Waals surface area contributed by atoms with E-state index in [1.165, 1.54) is 24.5 Å². The van der Waals surface area contributed by atoms with Gasteiger partial charge in [-0.2, -0.15) is 0 Å². The van der Waals surface area contributed by atoms with Gasteiger partial charge in [-0.05, 0) is 48.7 Å². The lowest BCUT2D eigenvalue weighted by atomic mass is 10.1. The lowest BCUT2D eigenvalue weighted by molar-refractivity contribution is 0.612. The minimum Gasteiger partial charge on any atom is -0.381 e. The van der Waals surface area contributed by atoms with Gasteiger partial charge in [-0.1, -0.05) is 41.4 Å². The smallest absolute Gasteiger partial charge is 0.128 e. The van der Waals surface area contributed by atoms with E-state index in [0.717, 1.165) is 16.6 Å². The van der Waals surface area contributed by atoms with E-state index >= 15 is 0 Å². The van der Waals surface area contributed by atoms with Crippen molar-refractivity contribution in [3.63, 3.8) is 0 Å². The molecule has 0 amide bonds. The minimum atomic E-state index is -0.180. The number of rotatable bonds is 6. The fourth-order valence-electron chi connectivity index (χ4n) is 2.05. The molecule has 2 aromatic carbocycles. The lowest BCUT2D eigenvalue weighted by Gasteiger charge is -2.09. The Kier molecular flexibility index (Phi) is 5.60. The third kappa shape index (κ3) is 4.34. The highest BCUT2D eigenvalue weighted by molar-refractivity contribution is 9.10. The summed E-state index contributed by atoms with van der Waals surface area (Å²) in [7, 11) is 0. The number of aryl methyl sites for hydroxylation is 1. The molecule has 0 aliphatic carbocycles. The van der Waals surface area contributed by atoms with Gasteiger partial charge >= 0.3 is 0 Å². The molecular weight excluding hydrogens is 317 g/mol. The van der Waals surface area contributed by atoms with Crippen LogP contribution in [0.1, 0.15) is 30.9 Å². The first-order valence-corrected chi connectivity index (χ1v) is 7.75. The van der Waals surface area contributed by atoms with Gasteiger partial charge in [-0.3, -0.25) is 0 Å². The maximum absolute atomic E-state index is 13.6. The highest BCUT2D eigenvalue weighted by atomic mass is 79.9. The fourth-order valence-corrected chi connectivity index (χ4v) is 2.45. The molecule has 2 aromatic rings. The average molecular weight is 336 g/mol. The fraction of sp³-hybridized carbons (Fsp3) is 0.294. The Hall–Kier alpha value is -1.35. The molecule has 0 unspecified atom stereocenters. The predicted molar refractivity (Wildman–Crippen MR) is 86.5 cm³/mol. The van der Waals surface area contributed by atoms with Crippen LogP contribution >= 0.6 is 15.9 Å². The van der Waals surface area contributed by atoms with Crippen LogP contribution in [0.25, 0.3) is 0 Å². The molecule has 1 nitrogen and oxygen atoms in total. The SMILES string of the molecule is CCCCc1ccc(NCc2cc(Br)ccc2F)cc1. The van der Waals surface area contributed by atoms with E-state index in [4.69, 9.17) is 0 Å². The quantitative estimate of drug-likeness (QED) is 0.730. The van der Waals surface area contributed by atoms with Gasteiger partial charge < -0.3 is 5.32 Å². The Labute approximate surface area is 128 Å². The molecule has 2 rings (SSSR count). The molecular formula is C17H19BrFN. The molecule has 0 saturated heterocycles.